The standard InChI is InChI=1S/C10H9F3N4/c11-10(12,13)8-7(14)4-15-9-6(5-1-2-5)3-16-17(8)9/h3-5H,1-2,14H2. The highest BCUT2D eigenvalue weighted by Crippen LogP contribution is 2.42. The lowest BCUT2D eigenvalue weighted by Crippen LogP contribution is -2.16. The third-order valence-electron chi connectivity index (χ3n) is 2.87. The molecule has 1 saturated carbocycles. The summed E-state index contributed by atoms with van der Waals surface area (Å²) in [6.45, 7) is 0. The average Bonchev–Trinajstić information content (AvgIpc) is 2.97. The summed E-state index contributed by atoms with van der Waals surface area (Å²) in [6.07, 6.45) is -0.0674. The summed E-state index contributed by atoms with van der Waals surface area (Å²) in [5.41, 5.74) is 5.01. The number of nitrogens with two attached hydrogens (primary N) is 1. The quantitative estimate of drug-likeness (QED) is 0.834. The average molecular weight is 242 g/mol. The van der Waals surface area contributed by atoms with Gasteiger partial charge in [0.2, 0.25) is 0 Å². The van der Waals surface area contributed by atoms with Gasteiger partial charge in [0.25, 0.3) is 0 Å². The van der Waals surface area contributed by atoms with Crippen molar-refractivity contribution in [3.05, 3.63) is 23.7 Å². The van der Waals surface area contributed by atoms with Crippen LogP contribution < -0.4 is 5.73 Å². The molecule has 0 atom stereocenters. The molecule has 2 heterocycles. The Morgan fingerprint density at radius 3 is 2.59 bits per heavy atom. The molecule has 90 valence electrons. The van der Waals surface area contributed by atoms with Gasteiger partial charge in [-0.25, -0.2) is 9.50 Å². The van der Waals surface area contributed by atoms with Crippen molar-refractivity contribution in [3.8, 4) is 0 Å². The van der Waals surface area contributed by atoms with E-state index < -0.39 is 17.6 Å². The molecule has 0 radical (unpaired) electrons. The highest BCUT2D eigenvalue weighted by Gasteiger charge is 2.38. The molecule has 0 unspecified atom stereocenters. The van der Waals surface area contributed by atoms with Crippen LogP contribution in [0.15, 0.2) is 12.4 Å². The molecule has 0 aliphatic heterocycles. The summed E-state index contributed by atoms with van der Waals surface area (Å²) in [6, 6.07) is 0. The summed E-state index contributed by atoms with van der Waals surface area (Å²) >= 11 is 0. The number of hydrogen-bond acceptors (Lipinski definition) is 3. The van der Waals surface area contributed by atoms with E-state index in [9.17, 15) is 13.2 Å². The number of fused-ring (bicyclic) bond motifs is 1. The first-order valence-electron chi connectivity index (χ1n) is 5.18. The number of anilines is 1. The zero-order chi connectivity index (χ0) is 12.2. The van der Waals surface area contributed by atoms with Gasteiger partial charge in [-0.1, -0.05) is 0 Å². The minimum absolute atomic E-state index is 0.258. The second kappa shape index (κ2) is 3.12. The van der Waals surface area contributed by atoms with Crippen LogP contribution in [0.3, 0.4) is 0 Å². The normalized spacial score (nSPS) is 16.6. The van der Waals surface area contributed by atoms with E-state index in [2.05, 4.69) is 10.1 Å². The van der Waals surface area contributed by atoms with Crippen LogP contribution in [0.4, 0.5) is 18.9 Å². The summed E-state index contributed by atoms with van der Waals surface area (Å²) in [5.74, 6) is 0.296. The predicted octanol–water partition coefficient (Wildman–Crippen LogP) is 2.21. The molecule has 7 heteroatoms. The number of hydrogen-bond donors (Lipinski definition) is 1. The summed E-state index contributed by atoms with van der Waals surface area (Å²) in [5, 5.41) is 3.76. The molecular formula is C10H9F3N4. The second-order valence-electron chi connectivity index (χ2n) is 4.17. The van der Waals surface area contributed by atoms with Crippen LogP contribution in [0.2, 0.25) is 0 Å². The first-order chi connectivity index (χ1) is 7.98. The minimum atomic E-state index is -4.53. The van der Waals surface area contributed by atoms with Gasteiger partial charge < -0.3 is 5.73 Å². The molecule has 1 aliphatic carbocycles. The van der Waals surface area contributed by atoms with E-state index in [1.807, 2.05) is 0 Å². The van der Waals surface area contributed by atoms with Crippen molar-refractivity contribution in [2.45, 2.75) is 24.9 Å². The SMILES string of the molecule is Nc1cnc2c(C3CC3)cnn2c1C(F)(F)F. The van der Waals surface area contributed by atoms with Gasteiger partial charge in [0, 0.05) is 5.56 Å². The van der Waals surface area contributed by atoms with Crippen molar-refractivity contribution < 1.29 is 13.2 Å². The molecule has 0 saturated heterocycles. The Hall–Kier alpha value is -1.79. The molecular weight excluding hydrogens is 233 g/mol. The van der Waals surface area contributed by atoms with E-state index in [0.717, 1.165) is 29.1 Å². The Morgan fingerprint density at radius 1 is 1.29 bits per heavy atom. The molecule has 17 heavy (non-hydrogen) atoms. The molecule has 0 aromatic carbocycles. The van der Waals surface area contributed by atoms with E-state index in [-0.39, 0.29) is 5.65 Å². The lowest BCUT2D eigenvalue weighted by Gasteiger charge is -2.11. The minimum Gasteiger partial charge on any atom is -0.396 e. The van der Waals surface area contributed by atoms with Gasteiger partial charge in [-0.05, 0) is 18.8 Å². The van der Waals surface area contributed by atoms with Crippen molar-refractivity contribution in [3.63, 3.8) is 0 Å². The number of nitrogen functional groups attached to an aromatic ring is 1. The molecule has 0 spiro atoms. The monoisotopic (exact) mass is 242 g/mol. The van der Waals surface area contributed by atoms with Gasteiger partial charge in [0.05, 0.1) is 18.1 Å². The molecule has 1 aliphatic rings. The third-order valence-corrected chi connectivity index (χ3v) is 2.87. The van der Waals surface area contributed by atoms with E-state index in [0.29, 0.717) is 5.92 Å². The lowest BCUT2D eigenvalue weighted by atomic mass is 10.2. The first-order valence-corrected chi connectivity index (χ1v) is 5.18. The van der Waals surface area contributed by atoms with E-state index >= 15 is 0 Å². The van der Waals surface area contributed by atoms with Gasteiger partial charge in [-0.2, -0.15) is 18.3 Å². The number of halogens is 3. The fourth-order valence-corrected chi connectivity index (χ4v) is 1.93. The van der Waals surface area contributed by atoms with Crippen molar-refractivity contribution in [1.82, 2.24) is 14.6 Å². The van der Waals surface area contributed by atoms with Gasteiger partial charge in [0.1, 0.15) is 0 Å². The third kappa shape index (κ3) is 1.53. The van der Waals surface area contributed by atoms with Gasteiger partial charge in [0.15, 0.2) is 11.3 Å². The fraction of sp³-hybridized carbons (Fsp3) is 0.400. The van der Waals surface area contributed by atoms with Crippen molar-refractivity contribution >= 4 is 11.3 Å². The summed E-state index contributed by atoms with van der Waals surface area (Å²) in [7, 11) is 0. The molecule has 2 aromatic rings. The van der Waals surface area contributed by atoms with E-state index in [1.54, 1.807) is 0 Å². The van der Waals surface area contributed by atoms with Gasteiger partial charge in [-0.15, -0.1) is 0 Å². The zero-order valence-electron chi connectivity index (χ0n) is 8.70. The van der Waals surface area contributed by atoms with Crippen LogP contribution in [0, 0.1) is 0 Å². The zero-order valence-corrected chi connectivity index (χ0v) is 8.70. The highest BCUT2D eigenvalue weighted by molar-refractivity contribution is 5.56. The van der Waals surface area contributed by atoms with Gasteiger partial charge >= 0.3 is 6.18 Å². The van der Waals surface area contributed by atoms with Crippen LogP contribution in [0.1, 0.15) is 30.0 Å². The topological polar surface area (TPSA) is 56.2 Å². The Morgan fingerprint density at radius 2 is 2.00 bits per heavy atom. The van der Waals surface area contributed by atoms with Crippen molar-refractivity contribution in [1.29, 1.82) is 0 Å². The Balaban J connectivity index is 2.30. The largest absolute Gasteiger partial charge is 0.435 e. The van der Waals surface area contributed by atoms with E-state index in [1.165, 1.54) is 6.20 Å². The Kier molecular flexibility index (Phi) is 1.90. The molecule has 0 amide bonds. The second-order valence-corrected chi connectivity index (χ2v) is 4.17. The molecule has 2 aromatic heterocycles. The molecule has 4 nitrogen and oxygen atoms in total. The molecule has 3 rings (SSSR count). The predicted molar refractivity (Wildman–Crippen MR) is 54.4 cm³/mol. The Bertz CT molecular complexity index is 583. The maximum Gasteiger partial charge on any atom is 0.435 e. The first kappa shape index (κ1) is 10.4. The smallest absolute Gasteiger partial charge is 0.396 e. The van der Waals surface area contributed by atoms with Crippen molar-refractivity contribution in [2.75, 3.05) is 5.73 Å². The number of alkyl halides is 3. The molecule has 0 bridgehead atoms. The number of nitrogens with zero attached hydrogens (tertiary/aromatic N) is 3. The van der Waals surface area contributed by atoms with Crippen LogP contribution >= 0.6 is 0 Å². The maximum atomic E-state index is 12.8. The van der Waals surface area contributed by atoms with Crippen LogP contribution in [0.25, 0.3) is 5.65 Å². The highest BCUT2D eigenvalue weighted by atomic mass is 19.4. The van der Waals surface area contributed by atoms with Crippen LogP contribution in [0.5, 0.6) is 0 Å². The number of aromatic nitrogens is 3. The van der Waals surface area contributed by atoms with Crippen LogP contribution in [-0.4, -0.2) is 14.6 Å². The molecule has 1 fully saturated rings. The number of rotatable bonds is 1. The van der Waals surface area contributed by atoms with Gasteiger partial charge in [-0.3, -0.25) is 0 Å². The van der Waals surface area contributed by atoms with E-state index in [4.69, 9.17) is 5.73 Å². The molecule has 2 N–H and O–H groups in total. The Labute approximate surface area is 94.2 Å². The summed E-state index contributed by atoms with van der Waals surface area (Å²) in [4.78, 5) is 3.95. The van der Waals surface area contributed by atoms with Crippen LogP contribution in [-0.2, 0) is 6.18 Å². The lowest BCUT2D eigenvalue weighted by molar-refractivity contribution is -0.141. The fourth-order valence-electron chi connectivity index (χ4n) is 1.93. The summed E-state index contributed by atoms with van der Waals surface area (Å²) < 4.78 is 39.3. The van der Waals surface area contributed by atoms with Crippen molar-refractivity contribution in [2.24, 2.45) is 0 Å². The maximum absolute atomic E-state index is 12.8.